The molecule has 1 amide bonds. The molecule has 4 nitrogen and oxygen atoms in total. The number of carbonyl (C=O) groups is 1. The van der Waals surface area contributed by atoms with Gasteiger partial charge in [-0.2, -0.15) is 0 Å². The summed E-state index contributed by atoms with van der Waals surface area (Å²) in [4.78, 5) is 11.8. The number of methoxy groups -OCH3 is 1. The molecule has 3 N–H and O–H groups in total. The molecule has 0 aliphatic rings. The molecule has 0 aromatic heterocycles. The zero-order valence-electron chi connectivity index (χ0n) is 10.6. The van der Waals surface area contributed by atoms with Crippen molar-refractivity contribution in [1.82, 2.24) is 5.32 Å². The van der Waals surface area contributed by atoms with E-state index in [1.165, 1.54) is 0 Å². The number of amides is 1. The standard InChI is InChI=1S/C14H20N2O2/c1-18-13(11-12-7-3-2-4-8-12)14(17)16-10-6-5-9-15/h2-8,13H,9-11,15H2,1H3,(H,16,17)/b6-5+/t13-/m1/s1. The minimum atomic E-state index is -0.460. The second-order valence-electron chi connectivity index (χ2n) is 3.87. The average molecular weight is 248 g/mol. The normalized spacial score (nSPS) is 12.6. The summed E-state index contributed by atoms with van der Waals surface area (Å²) in [5.74, 6) is -0.108. The van der Waals surface area contributed by atoms with Crippen molar-refractivity contribution in [3.63, 3.8) is 0 Å². The second kappa shape index (κ2) is 8.44. The van der Waals surface area contributed by atoms with E-state index in [1.807, 2.05) is 36.4 Å². The topological polar surface area (TPSA) is 64.3 Å². The third kappa shape index (κ3) is 5.12. The lowest BCUT2D eigenvalue weighted by Gasteiger charge is -2.14. The van der Waals surface area contributed by atoms with Crippen LogP contribution < -0.4 is 11.1 Å². The smallest absolute Gasteiger partial charge is 0.249 e. The van der Waals surface area contributed by atoms with Crippen LogP contribution in [-0.2, 0) is 16.0 Å². The number of hydrogen-bond donors (Lipinski definition) is 2. The van der Waals surface area contributed by atoms with E-state index < -0.39 is 6.10 Å². The van der Waals surface area contributed by atoms with Gasteiger partial charge in [0.25, 0.3) is 0 Å². The van der Waals surface area contributed by atoms with Gasteiger partial charge in [0.2, 0.25) is 5.91 Å². The van der Waals surface area contributed by atoms with Gasteiger partial charge in [-0.25, -0.2) is 0 Å². The lowest BCUT2D eigenvalue weighted by Crippen LogP contribution is -2.37. The van der Waals surface area contributed by atoms with Crippen molar-refractivity contribution in [2.75, 3.05) is 20.2 Å². The molecule has 4 heteroatoms. The highest BCUT2D eigenvalue weighted by Crippen LogP contribution is 2.05. The first-order chi connectivity index (χ1) is 8.77. The van der Waals surface area contributed by atoms with Crippen molar-refractivity contribution < 1.29 is 9.53 Å². The number of ether oxygens (including phenoxy) is 1. The fourth-order valence-corrected chi connectivity index (χ4v) is 1.56. The van der Waals surface area contributed by atoms with Gasteiger partial charge in [0.05, 0.1) is 0 Å². The van der Waals surface area contributed by atoms with E-state index in [4.69, 9.17) is 10.5 Å². The molecule has 1 aromatic carbocycles. The molecular weight excluding hydrogens is 228 g/mol. The molecule has 18 heavy (non-hydrogen) atoms. The third-order valence-corrected chi connectivity index (χ3v) is 2.54. The highest BCUT2D eigenvalue weighted by Gasteiger charge is 2.17. The Hall–Kier alpha value is -1.65. The van der Waals surface area contributed by atoms with Gasteiger partial charge in [0.1, 0.15) is 6.10 Å². The van der Waals surface area contributed by atoms with Crippen LogP contribution in [0.15, 0.2) is 42.5 Å². The number of nitrogens with one attached hydrogen (secondary N) is 1. The maximum Gasteiger partial charge on any atom is 0.249 e. The highest BCUT2D eigenvalue weighted by atomic mass is 16.5. The first kappa shape index (κ1) is 14.4. The second-order valence-corrected chi connectivity index (χ2v) is 3.87. The van der Waals surface area contributed by atoms with E-state index in [2.05, 4.69) is 5.32 Å². The Labute approximate surface area is 108 Å². The zero-order valence-corrected chi connectivity index (χ0v) is 10.6. The lowest BCUT2D eigenvalue weighted by atomic mass is 10.1. The summed E-state index contributed by atoms with van der Waals surface area (Å²) in [6.45, 7) is 0.957. The summed E-state index contributed by atoms with van der Waals surface area (Å²) in [6, 6.07) is 9.80. The van der Waals surface area contributed by atoms with Crippen LogP contribution in [0.4, 0.5) is 0 Å². The molecule has 0 unspecified atom stereocenters. The van der Waals surface area contributed by atoms with Gasteiger partial charge in [-0.05, 0) is 5.56 Å². The Bertz CT molecular complexity index is 377. The van der Waals surface area contributed by atoms with E-state index in [0.29, 0.717) is 19.5 Å². The van der Waals surface area contributed by atoms with Gasteiger partial charge >= 0.3 is 0 Å². The van der Waals surface area contributed by atoms with Crippen molar-refractivity contribution in [3.05, 3.63) is 48.0 Å². The van der Waals surface area contributed by atoms with Crippen LogP contribution in [0.1, 0.15) is 5.56 Å². The van der Waals surface area contributed by atoms with Gasteiger partial charge in [-0.1, -0.05) is 42.5 Å². The van der Waals surface area contributed by atoms with Crippen molar-refractivity contribution in [3.8, 4) is 0 Å². The van der Waals surface area contributed by atoms with Gasteiger partial charge in [0, 0.05) is 26.6 Å². The Morgan fingerprint density at radius 2 is 2.11 bits per heavy atom. The number of nitrogens with two attached hydrogens (primary N) is 1. The molecule has 0 fully saturated rings. The maximum absolute atomic E-state index is 11.8. The van der Waals surface area contributed by atoms with E-state index in [1.54, 1.807) is 13.2 Å². The number of hydrogen-bond acceptors (Lipinski definition) is 3. The van der Waals surface area contributed by atoms with E-state index >= 15 is 0 Å². The molecule has 0 saturated carbocycles. The highest BCUT2D eigenvalue weighted by molar-refractivity contribution is 5.81. The fraction of sp³-hybridized carbons (Fsp3) is 0.357. The Kier molecular flexibility index (Phi) is 6.76. The van der Waals surface area contributed by atoms with E-state index in [0.717, 1.165) is 5.56 Å². The summed E-state index contributed by atoms with van der Waals surface area (Å²) in [5.41, 5.74) is 6.39. The SMILES string of the molecule is CO[C@H](Cc1ccccc1)C(=O)NC/C=C/CN. The monoisotopic (exact) mass is 248 g/mol. The largest absolute Gasteiger partial charge is 0.371 e. The van der Waals surface area contributed by atoms with E-state index in [-0.39, 0.29) is 5.91 Å². The molecule has 1 atom stereocenters. The predicted molar refractivity (Wildman–Crippen MR) is 72.1 cm³/mol. The molecule has 0 heterocycles. The fourth-order valence-electron chi connectivity index (χ4n) is 1.56. The Morgan fingerprint density at radius 3 is 2.72 bits per heavy atom. The van der Waals surface area contributed by atoms with Crippen LogP contribution in [0.2, 0.25) is 0 Å². The van der Waals surface area contributed by atoms with Gasteiger partial charge in [-0.15, -0.1) is 0 Å². The minimum absolute atomic E-state index is 0.108. The maximum atomic E-state index is 11.8. The predicted octanol–water partition coefficient (Wildman–Crippen LogP) is 0.875. The molecule has 0 aliphatic heterocycles. The van der Waals surface area contributed by atoms with Crippen molar-refractivity contribution in [1.29, 1.82) is 0 Å². The Balaban J connectivity index is 2.45. The summed E-state index contributed by atoms with van der Waals surface area (Å²) in [5, 5.41) is 2.78. The van der Waals surface area contributed by atoms with Crippen molar-refractivity contribution >= 4 is 5.91 Å². The molecule has 1 aromatic rings. The minimum Gasteiger partial charge on any atom is -0.371 e. The first-order valence-corrected chi connectivity index (χ1v) is 5.97. The summed E-state index contributed by atoms with van der Waals surface area (Å²) in [7, 11) is 1.54. The van der Waals surface area contributed by atoms with Crippen molar-refractivity contribution in [2.24, 2.45) is 5.73 Å². The molecule has 1 rings (SSSR count). The molecule has 0 aliphatic carbocycles. The van der Waals surface area contributed by atoms with Crippen LogP contribution in [0, 0.1) is 0 Å². The van der Waals surface area contributed by atoms with Gasteiger partial charge in [-0.3, -0.25) is 4.79 Å². The molecule has 0 radical (unpaired) electrons. The zero-order chi connectivity index (χ0) is 13.2. The Morgan fingerprint density at radius 1 is 1.39 bits per heavy atom. The molecule has 0 bridgehead atoms. The molecular formula is C14H20N2O2. The van der Waals surface area contributed by atoms with Gasteiger partial charge < -0.3 is 15.8 Å². The molecule has 0 spiro atoms. The molecule has 0 saturated heterocycles. The lowest BCUT2D eigenvalue weighted by molar-refractivity contribution is -0.130. The third-order valence-electron chi connectivity index (χ3n) is 2.54. The quantitative estimate of drug-likeness (QED) is 0.704. The van der Waals surface area contributed by atoms with Crippen LogP contribution >= 0.6 is 0 Å². The van der Waals surface area contributed by atoms with E-state index in [9.17, 15) is 4.79 Å². The summed E-state index contributed by atoms with van der Waals surface area (Å²) in [6.07, 6.45) is 3.75. The average Bonchev–Trinajstić information content (AvgIpc) is 2.42. The van der Waals surface area contributed by atoms with Crippen LogP contribution in [0.3, 0.4) is 0 Å². The van der Waals surface area contributed by atoms with Crippen LogP contribution in [0.5, 0.6) is 0 Å². The number of carbonyl (C=O) groups excluding carboxylic acids is 1. The number of rotatable bonds is 7. The summed E-state index contributed by atoms with van der Waals surface area (Å²) >= 11 is 0. The first-order valence-electron chi connectivity index (χ1n) is 5.97. The molecule has 98 valence electrons. The van der Waals surface area contributed by atoms with Crippen molar-refractivity contribution in [2.45, 2.75) is 12.5 Å². The summed E-state index contributed by atoms with van der Waals surface area (Å²) < 4.78 is 5.21. The van der Waals surface area contributed by atoms with Crippen LogP contribution in [-0.4, -0.2) is 32.2 Å². The van der Waals surface area contributed by atoms with Gasteiger partial charge in [0.15, 0.2) is 0 Å². The van der Waals surface area contributed by atoms with Crippen LogP contribution in [0.25, 0.3) is 0 Å². The number of benzene rings is 1.